The third-order valence-electron chi connectivity index (χ3n) is 1.83. The Kier molecular flexibility index (Phi) is 1.63. The maximum Gasteiger partial charge on any atom is 0.107 e. The number of benzene rings is 1. The monoisotopic (exact) mass is 168 g/mol. The molecule has 1 aromatic rings. The second-order valence-electron chi connectivity index (χ2n) is 2.85. The number of hydrogen-bond donors (Lipinski definition) is 0. The van der Waals surface area contributed by atoms with E-state index in [0.717, 1.165) is 17.2 Å². The Bertz CT molecular complexity index is 279. The Morgan fingerprint density at radius 3 is 2.91 bits per heavy atom. The van der Waals surface area contributed by atoms with Crippen LogP contribution in [0, 0.1) is 6.92 Å². The van der Waals surface area contributed by atoms with Crippen molar-refractivity contribution in [3.05, 3.63) is 34.3 Å². The number of rotatable bonds is 1. The number of halogens is 1. The number of epoxide rings is 1. The second kappa shape index (κ2) is 2.50. The predicted molar refractivity (Wildman–Crippen MR) is 44.9 cm³/mol. The van der Waals surface area contributed by atoms with Gasteiger partial charge in [0.25, 0.3) is 0 Å². The standard InChI is InChI=1S/C9H9ClO/c1-6-2-3-8(10)7(4-6)9-5-11-9/h2-4,9H,5H2,1H3. The summed E-state index contributed by atoms with van der Waals surface area (Å²) in [7, 11) is 0. The first-order chi connectivity index (χ1) is 5.27. The van der Waals surface area contributed by atoms with Gasteiger partial charge in [-0.2, -0.15) is 0 Å². The Morgan fingerprint density at radius 2 is 2.27 bits per heavy atom. The molecule has 58 valence electrons. The van der Waals surface area contributed by atoms with E-state index in [-0.39, 0.29) is 6.10 Å². The van der Waals surface area contributed by atoms with E-state index in [9.17, 15) is 0 Å². The van der Waals surface area contributed by atoms with Crippen molar-refractivity contribution in [2.24, 2.45) is 0 Å². The topological polar surface area (TPSA) is 12.5 Å². The Labute approximate surface area is 70.9 Å². The minimum Gasteiger partial charge on any atom is -0.368 e. The van der Waals surface area contributed by atoms with Gasteiger partial charge in [-0.3, -0.25) is 0 Å². The van der Waals surface area contributed by atoms with E-state index in [4.69, 9.17) is 16.3 Å². The van der Waals surface area contributed by atoms with Crippen LogP contribution in [0.1, 0.15) is 17.2 Å². The summed E-state index contributed by atoms with van der Waals surface area (Å²) >= 11 is 5.95. The quantitative estimate of drug-likeness (QED) is 0.588. The van der Waals surface area contributed by atoms with Crippen molar-refractivity contribution in [3.8, 4) is 0 Å². The molecule has 1 saturated heterocycles. The molecule has 1 atom stereocenters. The van der Waals surface area contributed by atoms with Gasteiger partial charge in [0.15, 0.2) is 0 Å². The van der Waals surface area contributed by atoms with Crippen LogP contribution in [-0.2, 0) is 4.74 Å². The fraction of sp³-hybridized carbons (Fsp3) is 0.333. The highest BCUT2D eigenvalue weighted by Gasteiger charge is 2.26. The van der Waals surface area contributed by atoms with Crippen LogP contribution in [0.3, 0.4) is 0 Å². The molecular formula is C9H9ClO. The van der Waals surface area contributed by atoms with Crippen LogP contribution in [-0.4, -0.2) is 6.61 Å². The van der Waals surface area contributed by atoms with E-state index in [1.807, 2.05) is 12.1 Å². The Morgan fingerprint density at radius 1 is 1.55 bits per heavy atom. The van der Waals surface area contributed by atoms with E-state index in [1.54, 1.807) is 0 Å². The van der Waals surface area contributed by atoms with Crippen LogP contribution in [0.5, 0.6) is 0 Å². The normalized spacial score (nSPS) is 21.8. The van der Waals surface area contributed by atoms with Crippen LogP contribution < -0.4 is 0 Å². The van der Waals surface area contributed by atoms with Crippen LogP contribution in [0.15, 0.2) is 18.2 Å². The molecule has 11 heavy (non-hydrogen) atoms. The smallest absolute Gasteiger partial charge is 0.107 e. The summed E-state index contributed by atoms with van der Waals surface area (Å²) < 4.78 is 5.15. The third kappa shape index (κ3) is 1.39. The van der Waals surface area contributed by atoms with E-state index in [0.29, 0.717) is 0 Å². The largest absolute Gasteiger partial charge is 0.368 e. The fourth-order valence-electron chi connectivity index (χ4n) is 1.14. The zero-order valence-corrected chi connectivity index (χ0v) is 7.06. The Balaban J connectivity index is 2.42. The summed E-state index contributed by atoms with van der Waals surface area (Å²) in [4.78, 5) is 0. The summed E-state index contributed by atoms with van der Waals surface area (Å²) in [5, 5.41) is 0.818. The molecule has 2 rings (SSSR count). The van der Waals surface area contributed by atoms with E-state index in [2.05, 4.69) is 13.0 Å². The molecular weight excluding hydrogens is 160 g/mol. The zero-order chi connectivity index (χ0) is 7.84. The summed E-state index contributed by atoms with van der Waals surface area (Å²) in [6, 6.07) is 6.02. The Hall–Kier alpha value is -0.530. The average Bonchev–Trinajstić information content (AvgIpc) is 2.76. The van der Waals surface area contributed by atoms with Gasteiger partial charge in [0.2, 0.25) is 0 Å². The molecule has 2 heteroatoms. The average molecular weight is 169 g/mol. The summed E-state index contributed by atoms with van der Waals surface area (Å²) in [5.74, 6) is 0. The number of ether oxygens (including phenoxy) is 1. The van der Waals surface area contributed by atoms with Gasteiger partial charge >= 0.3 is 0 Å². The van der Waals surface area contributed by atoms with Crippen molar-refractivity contribution in [1.82, 2.24) is 0 Å². The van der Waals surface area contributed by atoms with Crippen LogP contribution in [0.25, 0.3) is 0 Å². The lowest BCUT2D eigenvalue weighted by Crippen LogP contribution is -1.83. The highest BCUT2D eigenvalue weighted by Crippen LogP contribution is 2.34. The van der Waals surface area contributed by atoms with E-state index in [1.165, 1.54) is 5.56 Å². The summed E-state index contributed by atoms with van der Waals surface area (Å²) in [5.41, 5.74) is 2.37. The molecule has 0 N–H and O–H groups in total. The molecule has 0 aromatic heterocycles. The lowest BCUT2D eigenvalue weighted by atomic mass is 10.1. The summed E-state index contributed by atoms with van der Waals surface area (Å²) in [6.07, 6.45) is 0.266. The minimum atomic E-state index is 0.266. The first kappa shape index (κ1) is 7.14. The molecule has 0 saturated carbocycles. The van der Waals surface area contributed by atoms with Crippen LogP contribution in [0.4, 0.5) is 0 Å². The van der Waals surface area contributed by atoms with Gasteiger partial charge in [-0.1, -0.05) is 29.3 Å². The first-order valence-electron chi connectivity index (χ1n) is 3.65. The van der Waals surface area contributed by atoms with Gasteiger partial charge in [-0.25, -0.2) is 0 Å². The van der Waals surface area contributed by atoms with Crippen molar-refractivity contribution in [2.75, 3.05) is 6.61 Å². The minimum absolute atomic E-state index is 0.266. The zero-order valence-electron chi connectivity index (χ0n) is 6.30. The molecule has 1 aliphatic rings. The molecule has 0 radical (unpaired) electrons. The maximum absolute atomic E-state index is 5.95. The summed E-state index contributed by atoms with van der Waals surface area (Å²) in [6.45, 7) is 2.88. The van der Waals surface area contributed by atoms with Gasteiger partial charge in [-0.15, -0.1) is 0 Å². The molecule has 1 aliphatic heterocycles. The molecule has 1 heterocycles. The van der Waals surface area contributed by atoms with Gasteiger partial charge in [0.1, 0.15) is 6.10 Å². The SMILES string of the molecule is Cc1ccc(Cl)c(C2CO2)c1. The van der Waals surface area contributed by atoms with Gasteiger partial charge in [0.05, 0.1) is 6.61 Å². The molecule has 1 aromatic carbocycles. The van der Waals surface area contributed by atoms with Crippen LogP contribution >= 0.6 is 11.6 Å². The van der Waals surface area contributed by atoms with Crippen molar-refractivity contribution in [3.63, 3.8) is 0 Å². The fourth-order valence-corrected chi connectivity index (χ4v) is 1.38. The number of hydrogen-bond acceptors (Lipinski definition) is 1. The molecule has 0 bridgehead atoms. The van der Waals surface area contributed by atoms with Gasteiger partial charge < -0.3 is 4.74 Å². The predicted octanol–water partition coefficient (Wildman–Crippen LogP) is 2.72. The van der Waals surface area contributed by atoms with Gasteiger partial charge in [-0.05, 0) is 13.0 Å². The van der Waals surface area contributed by atoms with Crippen molar-refractivity contribution < 1.29 is 4.74 Å². The van der Waals surface area contributed by atoms with E-state index >= 15 is 0 Å². The first-order valence-corrected chi connectivity index (χ1v) is 4.03. The number of aryl methyl sites for hydroxylation is 1. The maximum atomic E-state index is 5.95. The highest BCUT2D eigenvalue weighted by molar-refractivity contribution is 6.31. The van der Waals surface area contributed by atoms with Crippen molar-refractivity contribution in [1.29, 1.82) is 0 Å². The molecule has 0 aliphatic carbocycles. The van der Waals surface area contributed by atoms with E-state index < -0.39 is 0 Å². The lowest BCUT2D eigenvalue weighted by Gasteiger charge is -2.00. The lowest BCUT2D eigenvalue weighted by molar-refractivity contribution is 0.415. The van der Waals surface area contributed by atoms with Gasteiger partial charge in [0, 0.05) is 10.6 Å². The van der Waals surface area contributed by atoms with Crippen LogP contribution in [0.2, 0.25) is 5.02 Å². The van der Waals surface area contributed by atoms with Crippen molar-refractivity contribution in [2.45, 2.75) is 13.0 Å². The second-order valence-corrected chi connectivity index (χ2v) is 3.25. The highest BCUT2D eigenvalue weighted by atomic mass is 35.5. The molecule has 1 unspecified atom stereocenters. The molecule has 1 nitrogen and oxygen atoms in total. The molecule has 0 spiro atoms. The van der Waals surface area contributed by atoms with Crippen molar-refractivity contribution >= 4 is 11.6 Å². The molecule has 1 fully saturated rings. The third-order valence-corrected chi connectivity index (χ3v) is 2.18. The molecule has 0 amide bonds.